The first-order valence-corrected chi connectivity index (χ1v) is 6.96. The molecule has 1 fully saturated rings. The second-order valence-electron chi connectivity index (χ2n) is 5.15. The molecule has 1 atom stereocenters. The summed E-state index contributed by atoms with van der Waals surface area (Å²) >= 11 is 0. The number of carbonyl (C=O) groups is 2. The molecule has 20 heavy (non-hydrogen) atoms. The minimum atomic E-state index is -0.512. The van der Waals surface area contributed by atoms with Gasteiger partial charge in [-0.15, -0.1) is 0 Å². The largest absolute Gasteiger partial charge is 0.352 e. The summed E-state index contributed by atoms with van der Waals surface area (Å²) in [6.45, 7) is 2.14. The summed E-state index contributed by atoms with van der Waals surface area (Å²) in [6.07, 6.45) is 6.76. The second kappa shape index (κ2) is 6.51. The quantitative estimate of drug-likeness (QED) is 0.664. The summed E-state index contributed by atoms with van der Waals surface area (Å²) in [5, 5.41) is 9.62. The Morgan fingerprint density at radius 2 is 2.30 bits per heavy atom. The van der Waals surface area contributed by atoms with Crippen LogP contribution in [0, 0.1) is 0 Å². The first-order chi connectivity index (χ1) is 9.58. The summed E-state index contributed by atoms with van der Waals surface area (Å²) in [6, 6.07) is -0.175. The van der Waals surface area contributed by atoms with Crippen molar-refractivity contribution in [3.63, 3.8) is 0 Å². The molecule has 0 saturated heterocycles. The first kappa shape index (κ1) is 14.5. The minimum Gasteiger partial charge on any atom is -0.352 e. The van der Waals surface area contributed by atoms with E-state index in [1.807, 2.05) is 6.92 Å². The number of amides is 2. The lowest BCUT2D eigenvalue weighted by molar-refractivity contribution is -0.122. The minimum absolute atomic E-state index is 0.0591. The Morgan fingerprint density at radius 3 is 2.95 bits per heavy atom. The molecule has 1 aromatic heterocycles. The molecule has 7 nitrogen and oxygen atoms in total. The normalized spacial score (nSPS) is 15.7. The van der Waals surface area contributed by atoms with Gasteiger partial charge in [0, 0.05) is 12.2 Å². The van der Waals surface area contributed by atoms with Gasteiger partial charge in [-0.3, -0.25) is 14.3 Å². The molecule has 1 heterocycles. The molecule has 1 saturated carbocycles. The van der Waals surface area contributed by atoms with Crippen molar-refractivity contribution in [3.8, 4) is 0 Å². The highest BCUT2D eigenvalue weighted by Gasteiger charge is 2.23. The van der Waals surface area contributed by atoms with Crippen molar-refractivity contribution in [3.05, 3.63) is 12.4 Å². The summed E-state index contributed by atoms with van der Waals surface area (Å²) < 4.78 is 1.50. The SMILES string of the molecule is CCC[C@@H](N)C(=O)Nc1cnn(CC(=O)NC2CC2)c1. The fourth-order valence-electron chi connectivity index (χ4n) is 1.84. The van der Waals surface area contributed by atoms with Gasteiger partial charge in [-0.05, 0) is 19.3 Å². The van der Waals surface area contributed by atoms with Gasteiger partial charge in [0.25, 0.3) is 0 Å². The first-order valence-electron chi connectivity index (χ1n) is 6.96. The maximum atomic E-state index is 11.7. The van der Waals surface area contributed by atoms with E-state index >= 15 is 0 Å². The molecule has 2 amide bonds. The molecule has 0 unspecified atom stereocenters. The van der Waals surface area contributed by atoms with Gasteiger partial charge in [-0.1, -0.05) is 13.3 Å². The summed E-state index contributed by atoms with van der Waals surface area (Å²) in [4.78, 5) is 23.3. The maximum absolute atomic E-state index is 11.7. The van der Waals surface area contributed by atoms with Crippen molar-refractivity contribution in [2.24, 2.45) is 5.73 Å². The van der Waals surface area contributed by atoms with Crippen LogP contribution in [0.1, 0.15) is 32.6 Å². The van der Waals surface area contributed by atoms with Crippen molar-refractivity contribution in [2.75, 3.05) is 5.32 Å². The zero-order valence-corrected chi connectivity index (χ0v) is 11.6. The number of hydrogen-bond donors (Lipinski definition) is 3. The Kier molecular flexibility index (Phi) is 4.73. The smallest absolute Gasteiger partial charge is 0.241 e. The van der Waals surface area contributed by atoms with Crippen LogP contribution in [0.5, 0.6) is 0 Å². The van der Waals surface area contributed by atoms with Crippen LogP contribution in [0.25, 0.3) is 0 Å². The van der Waals surface area contributed by atoms with Gasteiger partial charge in [0.15, 0.2) is 0 Å². The van der Waals surface area contributed by atoms with E-state index in [4.69, 9.17) is 5.73 Å². The van der Waals surface area contributed by atoms with Gasteiger partial charge < -0.3 is 16.4 Å². The average Bonchev–Trinajstić information content (AvgIpc) is 3.09. The third-order valence-corrected chi connectivity index (χ3v) is 3.09. The van der Waals surface area contributed by atoms with Gasteiger partial charge in [0.1, 0.15) is 6.54 Å². The highest BCUT2D eigenvalue weighted by atomic mass is 16.2. The van der Waals surface area contributed by atoms with Gasteiger partial charge in [-0.25, -0.2) is 0 Å². The molecule has 4 N–H and O–H groups in total. The van der Waals surface area contributed by atoms with Crippen molar-refractivity contribution in [1.82, 2.24) is 15.1 Å². The third-order valence-electron chi connectivity index (χ3n) is 3.09. The van der Waals surface area contributed by atoms with Crippen LogP contribution in [0.3, 0.4) is 0 Å². The molecule has 1 aliphatic rings. The van der Waals surface area contributed by atoms with E-state index in [2.05, 4.69) is 15.7 Å². The van der Waals surface area contributed by atoms with Crippen molar-refractivity contribution >= 4 is 17.5 Å². The number of aromatic nitrogens is 2. The Hall–Kier alpha value is -1.89. The fourth-order valence-corrected chi connectivity index (χ4v) is 1.84. The van der Waals surface area contributed by atoms with Gasteiger partial charge >= 0.3 is 0 Å². The van der Waals surface area contributed by atoms with E-state index < -0.39 is 6.04 Å². The molecule has 0 radical (unpaired) electrons. The summed E-state index contributed by atoms with van der Waals surface area (Å²) in [7, 11) is 0. The zero-order valence-electron chi connectivity index (χ0n) is 11.6. The Morgan fingerprint density at radius 1 is 1.55 bits per heavy atom. The van der Waals surface area contributed by atoms with E-state index in [1.54, 1.807) is 6.20 Å². The molecule has 0 aromatic carbocycles. The molecule has 7 heteroatoms. The molecule has 0 aliphatic heterocycles. The number of anilines is 1. The van der Waals surface area contributed by atoms with Crippen LogP contribution in [0.4, 0.5) is 5.69 Å². The molecule has 1 aromatic rings. The van der Waals surface area contributed by atoms with Crippen LogP contribution < -0.4 is 16.4 Å². The zero-order chi connectivity index (χ0) is 14.5. The summed E-state index contributed by atoms with van der Waals surface area (Å²) in [5.74, 6) is -0.287. The Labute approximate surface area is 117 Å². The van der Waals surface area contributed by atoms with E-state index in [0.717, 1.165) is 19.3 Å². The highest BCUT2D eigenvalue weighted by molar-refractivity contribution is 5.94. The van der Waals surface area contributed by atoms with Gasteiger partial charge in [0.05, 0.1) is 17.9 Å². The number of hydrogen-bond acceptors (Lipinski definition) is 4. The monoisotopic (exact) mass is 279 g/mol. The predicted octanol–water partition coefficient (Wildman–Crippen LogP) is 0.228. The van der Waals surface area contributed by atoms with Crippen LogP contribution in [-0.4, -0.2) is 33.7 Å². The van der Waals surface area contributed by atoms with E-state index in [-0.39, 0.29) is 18.4 Å². The van der Waals surface area contributed by atoms with E-state index in [1.165, 1.54) is 10.9 Å². The van der Waals surface area contributed by atoms with Gasteiger partial charge in [0.2, 0.25) is 11.8 Å². The molecule has 1 aliphatic carbocycles. The third kappa shape index (κ3) is 4.34. The Bertz CT molecular complexity index is 481. The van der Waals surface area contributed by atoms with E-state index in [9.17, 15) is 9.59 Å². The predicted molar refractivity (Wildman–Crippen MR) is 74.9 cm³/mol. The number of rotatable bonds is 7. The molecular formula is C13H21N5O2. The van der Waals surface area contributed by atoms with Crippen LogP contribution in [0.15, 0.2) is 12.4 Å². The number of nitrogens with zero attached hydrogens (tertiary/aromatic N) is 2. The van der Waals surface area contributed by atoms with E-state index in [0.29, 0.717) is 18.2 Å². The number of carbonyl (C=O) groups excluding carboxylic acids is 2. The molecule has 2 rings (SSSR count). The van der Waals surface area contributed by atoms with Crippen LogP contribution in [-0.2, 0) is 16.1 Å². The lowest BCUT2D eigenvalue weighted by atomic mass is 10.2. The average molecular weight is 279 g/mol. The lowest BCUT2D eigenvalue weighted by Crippen LogP contribution is -2.35. The number of nitrogens with two attached hydrogens (primary N) is 1. The maximum Gasteiger partial charge on any atom is 0.241 e. The fraction of sp³-hybridized carbons (Fsp3) is 0.615. The van der Waals surface area contributed by atoms with Crippen molar-refractivity contribution < 1.29 is 9.59 Å². The molecule has 0 bridgehead atoms. The lowest BCUT2D eigenvalue weighted by Gasteiger charge is -2.09. The van der Waals surface area contributed by atoms with Crippen molar-refractivity contribution in [2.45, 2.75) is 51.2 Å². The van der Waals surface area contributed by atoms with Gasteiger partial charge in [-0.2, -0.15) is 5.10 Å². The molecule has 110 valence electrons. The van der Waals surface area contributed by atoms with Crippen molar-refractivity contribution in [1.29, 1.82) is 0 Å². The van der Waals surface area contributed by atoms with Crippen LogP contribution in [0.2, 0.25) is 0 Å². The second-order valence-corrected chi connectivity index (χ2v) is 5.15. The standard InChI is InChI=1S/C13H21N5O2/c1-2-3-11(14)13(20)17-10-6-15-18(7-10)8-12(19)16-9-4-5-9/h6-7,9,11H,2-5,8,14H2,1H3,(H,16,19)(H,17,20)/t11-/m1/s1. The topological polar surface area (TPSA) is 102 Å². The highest BCUT2D eigenvalue weighted by Crippen LogP contribution is 2.18. The molecule has 0 spiro atoms. The number of nitrogens with one attached hydrogen (secondary N) is 2. The molecular weight excluding hydrogens is 258 g/mol. The van der Waals surface area contributed by atoms with Crippen LogP contribution >= 0.6 is 0 Å². The summed E-state index contributed by atoms with van der Waals surface area (Å²) in [5.41, 5.74) is 6.28. The Balaban J connectivity index is 1.81.